The molecule has 1 aromatic heterocycles. The van der Waals surface area contributed by atoms with Crippen LogP contribution < -0.4 is 14.8 Å². The van der Waals surface area contributed by atoms with E-state index in [9.17, 15) is 23.1 Å². The predicted octanol–water partition coefficient (Wildman–Crippen LogP) is 4.61. The number of nitrogens with zero attached hydrogens (tertiary/aromatic N) is 3. The number of amides is 2. The lowest BCUT2D eigenvalue weighted by Crippen LogP contribution is -2.50. The number of ether oxygens (including phenoxy) is 2. The Labute approximate surface area is 272 Å². The molecule has 5 rings (SSSR count). The van der Waals surface area contributed by atoms with Gasteiger partial charge in [0.2, 0.25) is 10.0 Å². The number of rotatable bonds is 10. The van der Waals surface area contributed by atoms with Gasteiger partial charge in [-0.1, -0.05) is 25.1 Å². The number of benzene rings is 3. The number of thiazole rings is 1. The first-order valence-corrected chi connectivity index (χ1v) is 17.0. The van der Waals surface area contributed by atoms with E-state index in [1.54, 1.807) is 60.5 Å². The summed E-state index contributed by atoms with van der Waals surface area (Å²) in [5.41, 5.74) is 1.72. The van der Waals surface area contributed by atoms with E-state index in [1.165, 1.54) is 41.9 Å². The Hall–Kier alpha value is -4.30. The molecule has 11 nitrogen and oxygen atoms in total. The van der Waals surface area contributed by atoms with Gasteiger partial charge in [-0.05, 0) is 55.5 Å². The summed E-state index contributed by atoms with van der Waals surface area (Å²) in [5, 5.41) is 15.6. The molecule has 0 spiro atoms. The molecule has 1 aliphatic rings. The molecule has 1 aliphatic heterocycles. The third-order valence-electron chi connectivity index (χ3n) is 7.97. The fraction of sp³-hybridized carbons (Fsp3) is 0.303. The first kappa shape index (κ1) is 33.1. The SMILES string of the molecule is COc1ccc(S(=O)(=O)N(C)C[C@H]2Oc3c(NC(=O)c4ccc(-c5nccs5)cc4)cccc3C(=O)N([C@@H](C)CO)C[C@H]2C)cc1. The van der Waals surface area contributed by atoms with Crippen molar-refractivity contribution in [3.05, 3.63) is 89.4 Å². The number of fused-ring (bicyclic) bond motifs is 1. The van der Waals surface area contributed by atoms with Crippen molar-refractivity contribution < 1.29 is 32.6 Å². The van der Waals surface area contributed by atoms with Crippen LogP contribution in [0.1, 0.15) is 34.6 Å². The summed E-state index contributed by atoms with van der Waals surface area (Å²) in [6, 6.07) is 17.5. The van der Waals surface area contributed by atoms with Gasteiger partial charge in [0, 0.05) is 42.2 Å². The smallest absolute Gasteiger partial charge is 0.258 e. The number of nitrogens with one attached hydrogen (secondary N) is 1. The number of likely N-dealkylation sites (N-methyl/N-ethyl adjacent to an activating group) is 1. The van der Waals surface area contributed by atoms with Crippen molar-refractivity contribution in [2.24, 2.45) is 5.92 Å². The van der Waals surface area contributed by atoms with Crippen LogP contribution in [0.25, 0.3) is 10.6 Å². The second-order valence-electron chi connectivity index (χ2n) is 11.1. The Kier molecular flexibility index (Phi) is 10.1. The number of anilines is 1. The largest absolute Gasteiger partial charge is 0.497 e. The number of aliphatic hydroxyl groups excluding tert-OH is 1. The number of hydrogen-bond donors (Lipinski definition) is 2. The summed E-state index contributed by atoms with van der Waals surface area (Å²) < 4.78 is 39.9. The number of hydrogen-bond acceptors (Lipinski definition) is 9. The van der Waals surface area contributed by atoms with E-state index in [-0.39, 0.29) is 53.4 Å². The monoisotopic (exact) mass is 664 g/mol. The van der Waals surface area contributed by atoms with E-state index in [1.807, 2.05) is 24.4 Å². The lowest BCUT2D eigenvalue weighted by Gasteiger charge is -2.38. The number of carbonyl (C=O) groups is 2. The van der Waals surface area contributed by atoms with Crippen molar-refractivity contribution >= 4 is 38.9 Å². The zero-order valence-electron chi connectivity index (χ0n) is 25.9. The van der Waals surface area contributed by atoms with Gasteiger partial charge >= 0.3 is 0 Å². The Balaban J connectivity index is 1.46. The maximum absolute atomic E-state index is 13.8. The summed E-state index contributed by atoms with van der Waals surface area (Å²) in [5.74, 6) is -0.488. The summed E-state index contributed by atoms with van der Waals surface area (Å²) >= 11 is 1.50. The summed E-state index contributed by atoms with van der Waals surface area (Å²) in [6.45, 7) is 3.49. The molecule has 242 valence electrons. The van der Waals surface area contributed by atoms with Crippen LogP contribution in [0.2, 0.25) is 0 Å². The maximum atomic E-state index is 13.8. The van der Waals surface area contributed by atoms with Crippen molar-refractivity contribution in [2.75, 3.05) is 39.2 Å². The van der Waals surface area contributed by atoms with Crippen LogP contribution in [0.3, 0.4) is 0 Å². The fourth-order valence-electron chi connectivity index (χ4n) is 5.16. The van der Waals surface area contributed by atoms with Crippen LogP contribution in [0.5, 0.6) is 11.5 Å². The quantitative estimate of drug-likeness (QED) is 0.251. The number of carbonyl (C=O) groups excluding carboxylic acids is 2. The highest BCUT2D eigenvalue weighted by molar-refractivity contribution is 7.89. The van der Waals surface area contributed by atoms with E-state index < -0.39 is 28.1 Å². The van der Waals surface area contributed by atoms with E-state index in [2.05, 4.69) is 10.3 Å². The van der Waals surface area contributed by atoms with E-state index in [0.717, 1.165) is 10.6 Å². The molecule has 0 saturated heterocycles. The van der Waals surface area contributed by atoms with Crippen molar-refractivity contribution in [2.45, 2.75) is 30.9 Å². The first-order chi connectivity index (χ1) is 22.0. The molecule has 2 amide bonds. The molecule has 2 heterocycles. The molecule has 0 saturated carbocycles. The molecule has 13 heteroatoms. The van der Waals surface area contributed by atoms with Crippen LogP contribution in [0.4, 0.5) is 5.69 Å². The number of para-hydroxylation sites is 1. The zero-order chi connectivity index (χ0) is 33.0. The van der Waals surface area contributed by atoms with Crippen molar-refractivity contribution in [3.63, 3.8) is 0 Å². The molecule has 4 aromatic rings. The molecular formula is C33H36N4O7S2. The van der Waals surface area contributed by atoms with Gasteiger partial charge in [0.15, 0.2) is 5.75 Å². The minimum atomic E-state index is -3.91. The summed E-state index contributed by atoms with van der Waals surface area (Å²) in [4.78, 5) is 33.2. The normalized spacial score (nSPS) is 17.4. The van der Waals surface area contributed by atoms with E-state index >= 15 is 0 Å². The minimum absolute atomic E-state index is 0.0506. The predicted molar refractivity (Wildman–Crippen MR) is 176 cm³/mol. The fourth-order valence-corrected chi connectivity index (χ4v) is 6.99. The maximum Gasteiger partial charge on any atom is 0.258 e. The zero-order valence-corrected chi connectivity index (χ0v) is 27.5. The van der Waals surface area contributed by atoms with Gasteiger partial charge < -0.3 is 24.8 Å². The van der Waals surface area contributed by atoms with E-state index in [4.69, 9.17) is 9.47 Å². The molecular weight excluding hydrogens is 629 g/mol. The second-order valence-corrected chi connectivity index (χ2v) is 14.1. The minimum Gasteiger partial charge on any atom is -0.497 e. The van der Waals surface area contributed by atoms with Gasteiger partial charge in [-0.2, -0.15) is 4.31 Å². The highest BCUT2D eigenvalue weighted by Gasteiger charge is 2.36. The van der Waals surface area contributed by atoms with Gasteiger partial charge in [0.1, 0.15) is 16.9 Å². The molecule has 2 N–H and O–H groups in total. The Bertz CT molecular complexity index is 1780. The number of aromatic nitrogens is 1. The van der Waals surface area contributed by atoms with Gasteiger partial charge in [0.05, 0.1) is 42.4 Å². The molecule has 0 bridgehead atoms. The second kappa shape index (κ2) is 14.0. The highest BCUT2D eigenvalue weighted by atomic mass is 32.2. The number of methoxy groups -OCH3 is 1. The van der Waals surface area contributed by atoms with Gasteiger partial charge in [-0.3, -0.25) is 9.59 Å². The molecule has 0 unspecified atom stereocenters. The van der Waals surface area contributed by atoms with Crippen LogP contribution in [-0.4, -0.2) is 85.5 Å². The van der Waals surface area contributed by atoms with Crippen LogP contribution in [0.15, 0.2) is 83.2 Å². The van der Waals surface area contributed by atoms with Gasteiger partial charge in [0.25, 0.3) is 11.8 Å². The first-order valence-electron chi connectivity index (χ1n) is 14.7. The third-order valence-corrected chi connectivity index (χ3v) is 10.6. The lowest BCUT2D eigenvalue weighted by molar-refractivity contribution is 0.0388. The number of sulfonamides is 1. The van der Waals surface area contributed by atoms with E-state index in [0.29, 0.717) is 11.3 Å². The number of aliphatic hydroxyl groups is 1. The van der Waals surface area contributed by atoms with Gasteiger partial charge in [-0.15, -0.1) is 11.3 Å². The molecule has 0 aliphatic carbocycles. The Morgan fingerprint density at radius 2 is 1.89 bits per heavy atom. The average molecular weight is 665 g/mol. The Morgan fingerprint density at radius 3 is 2.52 bits per heavy atom. The lowest BCUT2D eigenvalue weighted by atomic mass is 9.99. The molecule has 0 radical (unpaired) electrons. The molecule has 46 heavy (non-hydrogen) atoms. The van der Waals surface area contributed by atoms with Crippen LogP contribution in [0, 0.1) is 5.92 Å². The highest BCUT2D eigenvalue weighted by Crippen LogP contribution is 2.36. The van der Waals surface area contributed by atoms with Gasteiger partial charge in [-0.25, -0.2) is 13.4 Å². The standard InChI is InChI=1S/C33H36N4O7S2/c1-21-18-37(22(2)20-38)33(40)27-6-5-7-28(35-31(39)23-8-10-24(11-9-23)32-34-16-17-45-32)30(27)44-29(21)19-36(3)46(41,42)26-14-12-25(43-4)13-15-26/h5-17,21-22,29,38H,18-20H2,1-4H3,(H,35,39)/t21-,22+,29-/m1/s1. The van der Waals surface area contributed by atoms with Crippen LogP contribution >= 0.6 is 11.3 Å². The van der Waals surface area contributed by atoms with Crippen LogP contribution in [-0.2, 0) is 10.0 Å². The third kappa shape index (κ3) is 6.92. The van der Waals surface area contributed by atoms with Crippen molar-refractivity contribution in [1.29, 1.82) is 0 Å². The molecule has 3 atom stereocenters. The Morgan fingerprint density at radius 1 is 1.17 bits per heavy atom. The molecule has 3 aromatic carbocycles. The summed E-state index contributed by atoms with van der Waals surface area (Å²) in [6.07, 6.45) is 0.988. The van der Waals surface area contributed by atoms with Crippen molar-refractivity contribution in [3.8, 4) is 22.1 Å². The average Bonchev–Trinajstić information content (AvgIpc) is 3.61. The van der Waals surface area contributed by atoms with Crippen molar-refractivity contribution in [1.82, 2.24) is 14.2 Å². The summed E-state index contributed by atoms with van der Waals surface area (Å²) in [7, 11) is -0.939. The topological polar surface area (TPSA) is 138 Å². The molecule has 0 fully saturated rings.